The Morgan fingerprint density at radius 2 is 1.88 bits per heavy atom. The van der Waals surface area contributed by atoms with Crippen molar-refractivity contribution in [2.75, 3.05) is 6.54 Å². The van der Waals surface area contributed by atoms with E-state index in [0.717, 1.165) is 6.42 Å². The molecule has 6 heteroatoms. The second-order valence-corrected chi connectivity index (χ2v) is 4.22. The summed E-state index contributed by atoms with van der Waals surface area (Å²) in [5.74, 6) is -0.898. The van der Waals surface area contributed by atoms with Gasteiger partial charge in [0.15, 0.2) is 6.10 Å². The number of hydrogen-bond acceptors (Lipinski definition) is 3. The lowest BCUT2D eigenvalue weighted by Gasteiger charge is -2.20. The SMILES string of the molecule is CCC(C)C(C)NC(=O)NCC[C@H](O)C(=O)O. The Morgan fingerprint density at radius 3 is 2.35 bits per heavy atom. The summed E-state index contributed by atoms with van der Waals surface area (Å²) >= 11 is 0. The van der Waals surface area contributed by atoms with Crippen LogP contribution in [-0.4, -0.2) is 40.9 Å². The molecule has 0 aliphatic heterocycles. The van der Waals surface area contributed by atoms with Gasteiger partial charge in [-0.05, 0) is 12.8 Å². The van der Waals surface area contributed by atoms with Crippen LogP contribution >= 0.6 is 0 Å². The third-order valence-corrected chi connectivity index (χ3v) is 2.84. The van der Waals surface area contributed by atoms with E-state index in [-0.39, 0.29) is 25.0 Å². The molecule has 17 heavy (non-hydrogen) atoms. The predicted molar refractivity (Wildman–Crippen MR) is 63.7 cm³/mol. The van der Waals surface area contributed by atoms with Crippen LogP contribution in [0.1, 0.15) is 33.6 Å². The summed E-state index contributed by atoms with van der Waals surface area (Å²) in [5, 5.41) is 22.7. The maximum absolute atomic E-state index is 11.4. The summed E-state index contributed by atoms with van der Waals surface area (Å²) in [4.78, 5) is 21.7. The number of urea groups is 1. The van der Waals surface area contributed by atoms with E-state index in [4.69, 9.17) is 10.2 Å². The molecule has 0 aliphatic carbocycles. The number of hydrogen-bond donors (Lipinski definition) is 4. The van der Waals surface area contributed by atoms with Gasteiger partial charge in [-0.25, -0.2) is 9.59 Å². The standard InChI is InChI=1S/C11H22N2O4/c1-4-7(2)8(3)13-11(17)12-6-5-9(14)10(15)16/h7-9,14H,4-6H2,1-3H3,(H,15,16)(H2,12,13,17)/t7?,8?,9-/m0/s1. The Bertz CT molecular complexity index is 258. The first-order chi connectivity index (χ1) is 7.88. The Kier molecular flexibility index (Phi) is 7.29. The molecule has 0 aromatic rings. The number of aliphatic carboxylic acids is 1. The van der Waals surface area contributed by atoms with E-state index in [2.05, 4.69) is 10.6 Å². The van der Waals surface area contributed by atoms with Gasteiger partial charge in [0.05, 0.1) is 0 Å². The van der Waals surface area contributed by atoms with Gasteiger partial charge < -0.3 is 20.8 Å². The van der Waals surface area contributed by atoms with Crippen molar-refractivity contribution < 1.29 is 19.8 Å². The molecule has 0 bridgehead atoms. The van der Waals surface area contributed by atoms with Crippen LogP contribution in [0.15, 0.2) is 0 Å². The monoisotopic (exact) mass is 246 g/mol. The number of carboxylic acids is 1. The highest BCUT2D eigenvalue weighted by atomic mass is 16.4. The molecule has 100 valence electrons. The number of amides is 2. The van der Waals surface area contributed by atoms with Gasteiger partial charge in [0.1, 0.15) is 0 Å². The first-order valence-corrected chi connectivity index (χ1v) is 5.83. The summed E-state index contributed by atoms with van der Waals surface area (Å²) in [5.41, 5.74) is 0. The van der Waals surface area contributed by atoms with Gasteiger partial charge in [-0.2, -0.15) is 0 Å². The topological polar surface area (TPSA) is 98.7 Å². The van der Waals surface area contributed by atoms with Crippen LogP contribution in [0.5, 0.6) is 0 Å². The smallest absolute Gasteiger partial charge is 0.332 e. The lowest BCUT2D eigenvalue weighted by atomic mass is 10.0. The maximum atomic E-state index is 11.4. The Balaban J connectivity index is 3.77. The van der Waals surface area contributed by atoms with E-state index >= 15 is 0 Å². The van der Waals surface area contributed by atoms with Crippen molar-refractivity contribution in [3.63, 3.8) is 0 Å². The first-order valence-electron chi connectivity index (χ1n) is 5.83. The second kappa shape index (κ2) is 7.89. The molecule has 2 unspecified atom stereocenters. The number of nitrogens with one attached hydrogen (secondary N) is 2. The largest absolute Gasteiger partial charge is 0.479 e. The molecule has 0 fully saturated rings. The van der Waals surface area contributed by atoms with Crippen molar-refractivity contribution in [2.24, 2.45) is 5.92 Å². The van der Waals surface area contributed by atoms with Gasteiger partial charge in [-0.15, -0.1) is 0 Å². The van der Waals surface area contributed by atoms with Gasteiger partial charge in [0.25, 0.3) is 0 Å². The zero-order valence-electron chi connectivity index (χ0n) is 10.6. The van der Waals surface area contributed by atoms with Crippen molar-refractivity contribution in [3.05, 3.63) is 0 Å². The van der Waals surface area contributed by atoms with Gasteiger partial charge in [-0.1, -0.05) is 20.3 Å². The summed E-state index contributed by atoms with van der Waals surface area (Å²) < 4.78 is 0. The fourth-order valence-electron chi connectivity index (χ4n) is 1.20. The minimum Gasteiger partial charge on any atom is -0.479 e. The molecule has 0 radical (unpaired) electrons. The molecule has 0 aromatic carbocycles. The van der Waals surface area contributed by atoms with Crippen LogP contribution in [0.4, 0.5) is 4.79 Å². The minimum absolute atomic E-state index is 0.000462. The number of aliphatic hydroxyl groups excluding tert-OH is 1. The molecule has 2 amide bonds. The Labute approximate surface area is 101 Å². The van der Waals surface area contributed by atoms with E-state index in [1.807, 2.05) is 20.8 Å². The zero-order valence-corrected chi connectivity index (χ0v) is 10.6. The van der Waals surface area contributed by atoms with Crippen molar-refractivity contribution in [1.82, 2.24) is 10.6 Å². The third-order valence-electron chi connectivity index (χ3n) is 2.84. The third kappa shape index (κ3) is 6.78. The lowest BCUT2D eigenvalue weighted by Crippen LogP contribution is -2.44. The predicted octanol–water partition coefficient (Wildman–Crippen LogP) is 0.556. The van der Waals surface area contributed by atoms with Crippen molar-refractivity contribution in [1.29, 1.82) is 0 Å². The van der Waals surface area contributed by atoms with E-state index in [0.29, 0.717) is 5.92 Å². The fourth-order valence-corrected chi connectivity index (χ4v) is 1.20. The van der Waals surface area contributed by atoms with Gasteiger partial charge >= 0.3 is 12.0 Å². The molecule has 4 N–H and O–H groups in total. The maximum Gasteiger partial charge on any atom is 0.332 e. The molecule has 0 aliphatic rings. The first kappa shape index (κ1) is 15.7. The Hall–Kier alpha value is -1.30. The molecule has 6 nitrogen and oxygen atoms in total. The summed E-state index contributed by atoms with van der Waals surface area (Å²) in [6.07, 6.45) is -0.457. The van der Waals surface area contributed by atoms with Gasteiger partial charge in [-0.3, -0.25) is 0 Å². The highest BCUT2D eigenvalue weighted by Gasteiger charge is 2.15. The van der Waals surface area contributed by atoms with Crippen LogP contribution in [-0.2, 0) is 4.79 Å². The van der Waals surface area contributed by atoms with E-state index < -0.39 is 12.1 Å². The van der Waals surface area contributed by atoms with Crippen LogP contribution in [0, 0.1) is 5.92 Å². The number of rotatable bonds is 7. The summed E-state index contributed by atoms with van der Waals surface area (Å²) in [6, 6.07) is -0.278. The molecular formula is C11H22N2O4. The highest BCUT2D eigenvalue weighted by molar-refractivity contribution is 5.74. The number of carbonyl (C=O) groups excluding carboxylic acids is 1. The number of aliphatic hydroxyl groups is 1. The molecule has 0 heterocycles. The fraction of sp³-hybridized carbons (Fsp3) is 0.818. The summed E-state index contributed by atoms with van der Waals surface area (Å²) in [6.45, 7) is 6.13. The lowest BCUT2D eigenvalue weighted by molar-refractivity contribution is -0.146. The average molecular weight is 246 g/mol. The van der Waals surface area contributed by atoms with Crippen molar-refractivity contribution >= 4 is 12.0 Å². The van der Waals surface area contributed by atoms with Crippen LogP contribution < -0.4 is 10.6 Å². The van der Waals surface area contributed by atoms with E-state index in [1.165, 1.54) is 0 Å². The number of carboxylic acid groups (broad SMARTS) is 1. The van der Waals surface area contributed by atoms with Crippen molar-refractivity contribution in [2.45, 2.75) is 45.8 Å². The molecule has 0 saturated carbocycles. The van der Waals surface area contributed by atoms with E-state index in [1.54, 1.807) is 0 Å². The zero-order chi connectivity index (χ0) is 13.4. The Morgan fingerprint density at radius 1 is 1.29 bits per heavy atom. The highest BCUT2D eigenvalue weighted by Crippen LogP contribution is 2.05. The van der Waals surface area contributed by atoms with Crippen LogP contribution in [0.25, 0.3) is 0 Å². The molecule has 0 rings (SSSR count). The molecule has 0 aromatic heterocycles. The molecule has 0 saturated heterocycles. The normalized spacial score (nSPS) is 15.8. The van der Waals surface area contributed by atoms with Gasteiger partial charge in [0, 0.05) is 19.0 Å². The van der Waals surface area contributed by atoms with Crippen LogP contribution in [0.3, 0.4) is 0 Å². The summed E-state index contributed by atoms with van der Waals surface area (Å²) in [7, 11) is 0. The molecule has 0 spiro atoms. The second-order valence-electron chi connectivity index (χ2n) is 4.22. The van der Waals surface area contributed by atoms with E-state index in [9.17, 15) is 9.59 Å². The van der Waals surface area contributed by atoms with Gasteiger partial charge in [0.2, 0.25) is 0 Å². The molecular weight excluding hydrogens is 224 g/mol. The number of carbonyl (C=O) groups is 2. The quantitative estimate of drug-likeness (QED) is 0.527. The molecule has 3 atom stereocenters. The average Bonchev–Trinajstić information content (AvgIpc) is 2.27. The van der Waals surface area contributed by atoms with Crippen molar-refractivity contribution in [3.8, 4) is 0 Å². The minimum atomic E-state index is -1.43. The van der Waals surface area contributed by atoms with Crippen LogP contribution in [0.2, 0.25) is 0 Å².